The maximum absolute atomic E-state index is 5.28. The molecule has 11 heavy (non-hydrogen) atoms. The first-order valence-corrected chi connectivity index (χ1v) is 4.09. The molecule has 0 radical (unpaired) electrons. The smallest absolute Gasteiger partial charge is 0.0594 e. The first-order valence-electron chi connectivity index (χ1n) is 4.09. The maximum atomic E-state index is 5.28. The van der Waals surface area contributed by atoms with Crippen LogP contribution in [0.1, 0.15) is 6.92 Å². The van der Waals surface area contributed by atoms with Gasteiger partial charge in [-0.15, -0.1) is 0 Å². The summed E-state index contributed by atoms with van der Waals surface area (Å²) in [5, 5.41) is 0. The zero-order valence-electron chi connectivity index (χ0n) is 7.05. The van der Waals surface area contributed by atoms with Gasteiger partial charge in [0.1, 0.15) is 0 Å². The highest BCUT2D eigenvalue weighted by atomic mass is 16.5. The van der Waals surface area contributed by atoms with Crippen LogP contribution in [0.3, 0.4) is 0 Å². The lowest BCUT2D eigenvalue weighted by Gasteiger charge is -2.28. The fourth-order valence-electron chi connectivity index (χ4n) is 1.22. The Balaban J connectivity index is 2.13. The Hall–Kier alpha value is -0.160. The zero-order valence-corrected chi connectivity index (χ0v) is 7.05. The summed E-state index contributed by atoms with van der Waals surface area (Å²) in [5.74, 6) is 5.28. The van der Waals surface area contributed by atoms with Gasteiger partial charge in [-0.05, 0) is 6.92 Å². The Morgan fingerprint density at radius 1 is 1.55 bits per heavy atom. The number of hydrogen-bond donors (Lipinski definition) is 2. The summed E-state index contributed by atoms with van der Waals surface area (Å²) in [6.45, 7) is 6.88. The van der Waals surface area contributed by atoms with Crippen LogP contribution in [0.4, 0.5) is 0 Å². The minimum Gasteiger partial charge on any atom is -0.379 e. The molecule has 1 fully saturated rings. The van der Waals surface area contributed by atoms with Crippen LogP contribution in [0, 0.1) is 0 Å². The summed E-state index contributed by atoms with van der Waals surface area (Å²) in [5.41, 5.74) is 2.73. The van der Waals surface area contributed by atoms with Gasteiger partial charge in [0.15, 0.2) is 0 Å². The van der Waals surface area contributed by atoms with Crippen LogP contribution in [0.25, 0.3) is 0 Å². The SMILES string of the molecule is CC(CN1CCOCC1)NN. The van der Waals surface area contributed by atoms with Crippen molar-refractivity contribution in [2.75, 3.05) is 32.8 Å². The summed E-state index contributed by atoms with van der Waals surface area (Å²) in [4.78, 5) is 2.36. The van der Waals surface area contributed by atoms with Gasteiger partial charge in [0, 0.05) is 25.7 Å². The Morgan fingerprint density at radius 3 is 2.73 bits per heavy atom. The topological polar surface area (TPSA) is 50.5 Å². The van der Waals surface area contributed by atoms with Crippen LogP contribution >= 0.6 is 0 Å². The lowest BCUT2D eigenvalue weighted by atomic mass is 10.3. The van der Waals surface area contributed by atoms with Crippen molar-refractivity contribution >= 4 is 0 Å². The zero-order chi connectivity index (χ0) is 8.10. The minimum atomic E-state index is 0.369. The summed E-state index contributed by atoms with van der Waals surface area (Å²) in [6, 6.07) is 0.369. The average molecular weight is 159 g/mol. The van der Waals surface area contributed by atoms with Gasteiger partial charge in [0.25, 0.3) is 0 Å². The van der Waals surface area contributed by atoms with Crippen LogP contribution in [0.15, 0.2) is 0 Å². The standard InChI is InChI=1S/C7H17N3O/c1-7(9-8)6-10-2-4-11-5-3-10/h7,9H,2-6,8H2,1H3. The van der Waals surface area contributed by atoms with E-state index in [0.29, 0.717) is 6.04 Å². The van der Waals surface area contributed by atoms with Crippen LogP contribution in [-0.4, -0.2) is 43.8 Å². The van der Waals surface area contributed by atoms with E-state index in [-0.39, 0.29) is 0 Å². The highest BCUT2D eigenvalue weighted by Crippen LogP contribution is 1.97. The van der Waals surface area contributed by atoms with Crippen LogP contribution < -0.4 is 11.3 Å². The molecule has 0 amide bonds. The summed E-state index contributed by atoms with van der Waals surface area (Å²) < 4.78 is 5.22. The maximum Gasteiger partial charge on any atom is 0.0594 e. The van der Waals surface area contributed by atoms with Gasteiger partial charge in [0.2, 0.25) is 0 Å². The van der Waals surface area contributed by atoms with E-state index in [1.807, 2.05) is 0 Å². The van der Waals surface area contributed by atoms with Crippen molar-refractivity contribution in [3.8, 4) is 0 Å². The van der Waals surface area contributed by atoms with Gasteiger partial charge in [-0.1, -0.05) is 0 Å². The van der Waals surface area contributed by atoms with E-state index < -0.39 is 0 Å². The highest BCUT2D eigenvalue weighted by molar-refractivity contribution is 4.67. The largest absolute Gasteiger partial charge is 0.379 e. The lowest BCUT2D eigenvalue weighted by Crippen LogP contribution is -2.46. The molecule has 4 heteroatoms. The molecule has 0 spiro atoms. The van der Waals surface area contributed by atoms with E-state index in [1.54, 1.807) is 0 Å². The fraction of sp³-hybridized carbons (Fsp3) is 1.00. The second-order valence-corrected chi connectivity index (χ2v) is 2.98. The second-order valence-electron chi connectivity index (χ2n) is 2.98. The first-order chi connectivity index (χ1) is 5.33. The fourth-order valence-corrected chi connectivity index (χ4v) is 1.22. The normalized spacial score (nSPS) is 23.5. The summed E-state index contributed by atoms with van der Waals surface area (Å²) in [6.07, 6.45) is 0. The predicted molar refractivity (Wildman–Crippen MR) is 44.0 cm³/mol. The Labute approximate surface area is 67.7 Å². The number of nitrogens with one attached hydrogen (secondary N) is 1. The van der Waals surface area contributed by atoms with Crippen molar-refractivity contribution in [2.45, 2.75) is 13.0 Å². The summed E-state index contributed by atoms with van der Waals surface area (Å²) in [7, 11) is 0. The Bertz CT molecular complexity index is 104. The number of nitrogens with two attached hydrogens (primary N) is 1. The summed E-state index contributed by atoms with van der Waals surface area (Å²) >= 11 is 0. The monoisotopic (exact) mass is 159 g/mol. The molecule has 0 saturated carbocycles. The molecular weight excluding hydrogens is 142 g/mol. The van der Waals surface area contributed by atoms with Crippen molar-refractivity contribution in [3.63, 3.8) is 0 Å². The lowest BCUT2D eigenvalue weighted by molar-refractivity contribution is 0.0344. The van der Waals surface area contributed by atoms with Crippen LogP contribution in [0.2, 0.25) is 0 Å². The molecule has 3 N–H and O–H groups in total. The molecule has 66 valence electrons. The number of morpholine rings is 1. The molecule has 1 rings (SSSR count). The van der Waals surface area contributed by atoms with Gasteiger partial charge < -0.3 is 4.74 Å². The molecule has 0 aromatic heterocycles. The predicted octanol–water partition coefficient (Wildman–Crippen LogP) is -0.830. The number of nitrogens with zero attached hydrogens (tertiary/aromatic N) is 1. The number of ether oxygens (including phenoxy) is 1. The van der Waals surface area contributed by atoms with Crippen LogP contribution in [0.5, 0.6) is 0 Å². The molecule has 4 nitrogen and oxygen atoms in total. The molecule has 0 aromatic carbocycles. The average Bonchev–Trinajstić information content (AvgIpc) is 2.06. The van der Waals surface area contributed by atoms with Gasteiger partial charge in [-0.2, -0.15) is 0 Å². The highest BCUT2D eigenvalue weighted by Gasteiger charge is 2.11. The van der Waals surface area contributed by atoms with E-state index in [4.69, 9.17) is 10.6 Å². The Morgan fingerprint density at radius 2 is 2.18 bits per heavy atom. The van der Waals surface area contributed by atoms with Crippen molar-refractivity contribution in [3.05, 3.63) is 0 Å². The number of hydrogen-bond acceptors (Lipinski definition) is 4. The van der Waals surface area contributed by atoms with Crippen LogP contribution in [-0.2, 0) is 4.74 Å². The minimum absolute atomic E-state index is 0.369. The van der Waals surface area contributed by atoms with Gasteiger partial charge in [0.05, 0.1) is 13.2 Å². The molecule has 0 aliphatic carbocycles. The molecule has 0 aromatic rings. The van der Waals surface area contributed by atoms with Gasteiger partial charge >= 0.3 is 0 Å². The molecule has 1 atom stereocenters. The van der Waals surface area contributed by atoms with E-state index in [9.17, 15) is 0 Å². The van der Waals surface area contributed by atoms with Crippen molar-refractivity contribution < 1.29 is 4.74 Å². The van der Waals surface area contributed by atoms with E-state index >= 15 is 0 Å². The number of hydrazine groups is 1. The molecule has 1 unspecified atom stereocenters. The van der Waals surface area contributed by atoms with Crippen molar-refractivity contribution in [2.24, 2.45) is 5.84 Å². The quantitative estimate of drug-likeness (QED) is 0.417. The van der Waals surface area contributed by atoms with E-state index in [2.05, 4.69) is 17.2 Å². The van der Waals surface area contributed by atoms with E-state index in [0.717, 1.165) is 32.8 Å². The first kappa shape index (κ1) is 8.93. The van der Waals surface area contributed by atoms with Crippen molar-refractivity contribution in [1.29, 1.82) is 0 Å². The third-order valence-electron chi connectivity index (χ3n) is 1.92. The third-order valence-corrected chi connectivity index (χ3v) is 1.92. The van der Waals surface area contributed by atoms with E-state index in [1.165, 1.54) is 0 Å². The Kier molecular flexibility index (Phi) is 3.79. The third kappa shape index (κ3) is 3.16. The molecule has 0 bridgehead atoms. The van der Waals surface area contributed by atoms with Gasteiger partial charge in [-0.25, -0.2) is 0 Å². The number of rotatable bonds is 3. The second kappa shape index (κ2) is 4.66. The molecule has 1 heterocycles. The van der Waals surface area contributed by atoms with Gasteiger partial charge in [-0.3, -0.25) is 16.2 Å². The molecule has 1 aliphatic heterocycles. The van der Waals surface area contributed by atoms with Crippen molar-refractivity contribution in [1.82, 2.24) is 10.3 Å². The molecular formula is C7H17N3O. The molecule has 1 saturated heterocycles. The molecule has 1 aliphatic rings.